The Balaban J connectivity index is 0.000000115. The second-order valence-corrected chi connectivity index (χ2v) is 28.5. The fraction of sp³-hybridized carbons (Fsp3) is 0.110. The first-order valence-electron chi connectivity index (χ1n) is 34.3. The van der Waals surface area contributed by atoms with E-state index in [2.05, 4.69) is 257 Å². The molecule has 20 rings (SSSR count). The van der Waals surface area contributed by atoms with E-state index in [0.717, 1.165) is 45.5 Å². The van der Waals surface area contributed by atoms with Gasteiger partial charge in [0.1, 0.15) is 0 Å². The van der Waals surface area contributed by atoms with Crippen LogP contribution in [0.15, 0.2) is 291 Å². The minimum absolute atomic E-state index is 0.0632. The molecule has 2 N–H and O–H groups in total. The topological polar surface area (TPSA) is 89.0 Å². The molecule has 4 aliphatic carbocycles. The maximum atomic E-state index is 9.49. The predicted molar refractivity (Wildman–Crippen MR) is 408 cm³/mol. The Morgan fingerprint density at radius 3 is 1.10 bits per heavy atom. The molecule has 0 fully saturated rings. The molecule has 4 aliphatic rings. The summed E-state index contributed by atoms with van der Waals surface area (Å²) in [6, 6.07) is 103. The van der Waals surface area contributed by atoms with Crippen molar-refractivity contribution in [3.63, 3.8) is 0 Å². The van der Waals surface area contributed by atoms with Crippen molar-refractivity contribution in [2.75, 3.05) is 0 Å². The third kappa shape index (κ3) is 9.52. The van der Waals surface area contributed by atoms with E-state index in [1.54, 1.807) is 12.1 Å². The van der Waals surface area contributed by atoms with Crippen LogP contribution in [0.25, 0.3) is 134 Å². The number of nitrogens with zero attached hydrogens (tertiary/aromatic N) is 5. The highest BCUT2D eigenvalue weighted by molar-refractivity contribution is 6.58. The van der Waals surface area contributed by atoms with Crippen molar-refractivity contribution in [1.29, 1.82) is 0 Å². The molecule has 0 saturated heterocycles. The average Bonchev–Trinajstić information content (AvgIpc) is 1.56. The molecule has 0 spiro atoms. The molecule has 0 amide bonds. The van der Waals surface area contributed by atoms with Crippen LogP contribution < -0.4 is 5.46 Å². The first-order valence-corrected chi connectivity index (χ1v) is 34.3. The zero-order valence-corrected chi connectivity index (χ0v) is 56.1. The molecule has 0 aliphatic heterocycles. The van der Waals surface area contributed by atoms with Gasteiger partial charge in [-0.15, -0.1) is 0 Å². The summed E-state index contributed by atoms with van der Waals surface area (Å²) in [4.78, 5) is 14.7. The highest BCUT2D eigenvalue weighted by Gasteiger charge is 2.39. The van der Waals surface area contributed by atoms with Crippen molar-refractivity contribution in [1.82, 2.24) is 24.1 Å². The first kappa shape index (κ1) is 59.9. The fourth-order valence-corrected chi connectivity index (χ4v) is 16.7. The Labute approximate surface area is 576 Å². The summed E-state index contributed by atoms with van der Waals surface area (Å²) in [6.45, 7) is 14.0. The summed E-state index contributed by atoms with van der Waals surface area (Å²) in [6.07, 6.45) is 1.07. The summed E-state index contributed by atoms with van der Waals surface area (Å²) in [5.41, 5.74) is 32.5. The number of benzene rings is 13. The quantitative estimate of drug-likeness (QED) is 0.162. The van der Waals surface area contributed by atoms with Crippen LogP contribution >= 0.6 is 0 Å². The monoisotopic (exact) mass is 1280 g/mol. The lowest BCUT2D eigenvalue weighted by molar-refractivity contribution is 0.426. The van der Waals surface area contributed by atoms with E-state index in [9.17, 15) is 10.0 Å². The Kier molecular flexibility index (Phi) is 13.8. The molecule has 0 bridgehead atoms. The molecular weight excluding hydrogens is 1210 g/mol. The molecule has 474 valence electrons. The van der Waals surface area contributed by atoms with Crippen LogP contribution in [0, 0.1) is 0 Å². The number of hydrogen-bond donors (Lipinski definition) is 2. The summed E-state index contributed by atoms with van der Waals surface area (Å²) < 4.78 is 4.67. The molecule has 7 nitrogen and oxygen atoms in total. The standard InChI is InChI=1S/C42H30N4.C27H22BNO2.C22H18/c1-42(2)35-19-11-9-17-31(35)33-25-34-32-18-10-12-20-37(32)46(38(34)26-36(33)42)30-23-21-29(22-24-30)41-44-39(27-13-5-3-6-14-27)43-40(45-41)28-15-7-4-8-16-28;1-27(2)23-9-5-3-7-19(23)21-15-22-20-8-4-6-10-25(20)29(26(22)16-24(21)27)18-13-11-17(12-14-18)28(30)31;1-22(2)20-10-6-5-9-17(20)19-13-18-15(12-21(19)22)11-14-7-3-4-8-16(14)18/h3-26H,1-2H3;3-16,30-31H,1-2H3;3-10,12-13H,11H2,1-2H3. The van der Waals surface area contributed by atoms with Crippen molar-refractivity contribution >= 4 is 56.2 Å². The minimum atomic E-state index is -1.46. The molecular formula is C91H70BN5O2. The predicted octanol–water partition coefficient (Wildman–Crippen LogP) is 20.6. The van der Waals surface area contributed by atoms with Gasteiger partial charge in [0.25, 0.3) is 0 Å². The molecule has 16 aromatic rings. The lowest BCUT2D eigenvalue weighted by atomic mass is 9.80. The number of hydrogen-bond acceptors (Lipinski definition) is 5. The Morgan fingerprint density at radius 1 is 0.283 bits per heavy atom. The Hall–Kier alpha value is -11.5. The number of rotatable bonds is 6. The van der Waals surface area contributed by atoms with Gasteiger partial charge < -0.3 is 19.2 Å². The maximum absolute atomic E-state index is 9.49. The molecule has 99 heavy (non-hydrogen) atoms. The van der Waals surface area contributed by atoms with Gasteiger partial charge in [0, 0.05) is 65.9 Å². The van der Waals surface area contributed by atoms with E-state index in [1.165, 1.54) is 122 Å². The highest BCUT2D eigenvalue weighted by Crippen LogP contribution is 2.55. The Morgan fingerprint density at radius 2 is 0.646 bits per heavy atom. The third-order valence-corrected chi connectivity index (χ3v) is 21.8. The molecule has 0 saturated carbocycles. The second kappa shape index (κ2) is 22.8. The maximum Gasteiger partial charge on any atom is 0.488 e. The number of para-hydroxylation sites is 2. The zero-order valence-electron chi connectivity index (χ0n) is 56.1. The first-order chi connectivity index (χ1) is 48.2. The SMILES string of the molecule is CC1(C)c2ccccc2-c2cc3c(cc21)Cc1ccccc1-3.CC1(C)c2ccccc2-c2cc3c4ccccc4n(-c4ccc(-c5nc(-c6ccccc6)nc(-c6ccccc6)n5)cc4)c3cc21.CC1(C)c2ccccc2-c2cc3c4ccccc4n(-c4ccc(B(O)O)cc4)c3cc21. The largest absolute Gasteiger partial charge is 0.488 e. The zero-order chi connectivity index (χ0) is 67.1. The van der Waals surface area contributed by atoms with Crippen LogP contribution in [0.2, 0.25) is 0 Å². The van der Waals surface area contributed by atoms with Gasteiger partial charge in [0.15, 0.2) is 17.5 Å². The van der Waals surface area contributed by atoms with E-state index in [-0.39, 0.29) is 16.2 Å². The lowest BCUT2D eigenvalue weighted by Crippen LogP contribution is -2.29. The van der Waals surface area contributed by atoms with Crippen molar-refractivity contribution in [2.24, 2.45) is 0 Å². The van der Waals surface area contributed by atoms with Crippen molar-refractivity contribution < 1.29 is 10.0 Å². The third-order valence-electron chi connectivity index (χ3n) is 21.8. The molecule has 13 aromatic carbocycles. The van der Waals surface area contributed by atoms with Crippen LogP contribution in [0.3, 0.4) is 0 Å². The van der Waals surface area contributed by atoms with Gasteiger partial charge in [-0.25, -0.2) is 15.0 Å². The van der Waals surface area contributed by atoms with Crippen LogP contribution in [0.5, 0.6) is 0 Å². The van der Waals surface area contributed by atoms with Gasteiger partial charge >= 0.3 is 7.12 Å². The summed E-state index contributed by atoms with van der Waals surface area (Å²) >= 11 is 0. The van der Waals surface area contributed by atoms with Crippen LogP contribution in [-0.4, -0.2) is 41.3 Å². The van der Waals surface area contributed by atoms with E-state index < -0.39 is 7.12 Å². The van der Waals surface area contributed by atoms with E-state index in [1.807, 2.05) is 72.8 Å². The second-order valence-electron chi connectivity index (χ2n) is 28.5. The lowest BCUT2D eigenvalue weighted by Gasteiger charge is -2.22. The minimum Gasteiger partial charge on any atom is -0.423 e. The van der Waals surface area contributed by atoms with Crippen LogP contribution in [0.1, 0.15) is 86.1 Å². The summed E-state index contributed by atoms with van der Waals surface area (Å²) in [7, 11) is -1.46. The van der Waals surface area contributed by atoms with Crippen molar-refractivity contribution in [3.8, 4) is 90.0 Å². The molecule has 3 aromatic heterocycles. The smallest absolute Gasteiger partial charge is 0.423 e. The molecule has 0 radical (unpaired) electrons. The van der Waals surface area contributed by atoms with Crippen molar-refractivity contribution in [3.05, 3.63) is 336 Å². The van der Waals surface area contributed by atoms with Crippen LogP contribution in [-0.2, 0) is 22.7 Å². The number of fused-ring (bicyclic) bond motifs is 18. The van der Waals surface area contributed by atoms with Gasteiger partial charge in [-0.05, 0) is 180 Å². The van der Waals surface area contributed by atoms with Crippen molar-refractivity contribution in [2.45, 2.75) is 64.2 Å². The molecule has 0 unspecified atom stereocenters. The van der Waals surface area contributed by atoms with Gasteiger partial charge in [-0.1, -0.05) is 254 Å². The molecule has 8 heteroatoms. The van der Waals surface area contributed by atoms with Gasteiger partial charge in [0.05, 0.1) is 22.1 Å². The average molecular weight is 1280 g/mol. The van der Waals surface area contributed by atoms with E-state index in [0.29, 0.717) is 22.9 Å². The van der Waals surface area contributed by atoms with Gasteiger partial charge in [-0.3, -0.25) is 0 Å². The molecule has 0 atom stereocenters. The molecule has 3 heterocycles. The summed E-state index contributed by atoms with van der Waals surface area (Å²) in [5.74, 6) is 1.97. The van der Waals surface area contributed by atoms with E-state index in [4.69, 9.17) is 15.0 Å². The van der Waals surface area contributed by atoms with Gasteiger partial charge in [-0.2, -0.15) is 0 Å². The Bertz CT molecular complexity index is 5890. The summed E-state index contributed by atoms with van der Waals surface area (Å²) in [5, 5.41) is 23.9. The van der Waals surface area contributed by atoms with E-state index >= 15 is 0 Å². The normalized spacial score (nSPS) is 14.1. The van der Waals surface area contributed by atoms with Crippen LogP contribution in [0.4, 0.5) is 0 Å². The van der Waals surface area contributed by atoms with Gasteiger partial charge in [0.2, 0.25) is 0 Å². The fourth-order valence-electron chi connectivity index (χ4n) is 16.7. The number of aromatic nitrogens is 5. The highest BCUT2D eigenvalue weighted by atomic mass is 16.4.